The van der Waals surface area contributed by atoms with E-state index in [1.807, 2.05) is 31.2 Å². The largest absolute Gasteiger partial charge is 0.494 e. The number of ether oxygens (including phenoxy) is 1. The molecule has 0 bridgehead atoms. The standard InChI is InChI=1S/C15H22O2/c1-4-5-10-17-14-8-6-13(7-9-14)15(16)11-12(2)3/h6-9,15-16H,2,4-5,10-11H2,1,3H3. The molecule has 1 unspecified atom stereocenters. The molecule has 0 aliphatic rings. The average Bonchev–Trinajstić information content (AvgIpc) is 2.29. The number of rotatable bonds is 7. The fourth-order valence-electron chi connectivity index (χ4n) is 1.57. The zero-order chi connectivity index (χ0) is 12.7. The SMILES string of the molecule is C=C(C)CC(O)c1ccc(OCCCC)cc1. The molecule has 1 atom stereocenters. The molecule has 0 radical (unpaired) electrons. The van der Waals surface area contributed by atoms with Gasteiger partial charge in [0, 0.05) is 0 Å². The molecule has 1 aromatic rings. The van der Waals surface area contributed by atoms with Crippen LogP contribution < -0.4 is 4.74 Å². The minimum atomic E-state index is -0.461. The highest BCUT2D eigenvalue weighted by atomic mass is 16.5. The van der Waals surface area contributed by atoms with Crippen molar-refractivity contribution in [2.45, 2.75) is 39.2 Å². The number of unbranched alkanes of at least 4 members (excludes halogenated alkanes) is 1. The summed E-state index contributed by atoms with van der Waals surface area (Å²) in [5.74, 6) is 0.865. The molecule has 0 heterocycles. The van der Waals surface area contributed by atoms with Crippen LogP contribution in [0.4, 0.5) is 0 Å². The molecule has 0 spiro atoms. The molecule has 0 saturated heterocycles. The number of hydrogen-bond donors (Lipinski definition) is 1. The smallest absolute Gasteiger partial charge is 0.119 e. The fourth-order valence-corrected chi connectivity index (χ4v) is 1.57. The van der Waals surface area contributed by atoms with Crippen molar-refractivity contribution in [3.63, 3.8) is 0 Å². The third-order valence-corrected chi connectivity index (χ3v) is 2.57. The predicted octanol–water partition coefficient (Wildman–Crippen LogP) is 3.87. The topological polar surface area (TPSA) is 29.5 Å². The van der Waals surface area contributed by atoms with Gasteiger partial charge in [-0.1, -0.05) is 31.1 Å². The van der Waals surface area contributed by atoms with Gasteiger partial charge in [-0.25, -0.2) is 0 Å². The quantitative estimate of drug-likeness (QED) is 0.573. The first kappa shape index (κ1) is 13.8. The van der Waals surface area contributed by atoms with Gasteiger partial charge in [0.2, 0.25) is 0 Å². The van der Waals surface area contributed by atoms with Crippen molar-refractivity contribution in [1.29, 1.82) is 0 Å². The summed E-state index contributed by atoms with van der Waals surface area (Å²) in [6, 6.07) is 7.64. The van der Waals surface area contributed by atoms with E-state index in [-0.39, 0.29) is 0 Å². The number of hydrogen-bond acceptors (Lipinski definition) is 2. The molecule has 94 valence electrons. The Kier molecular flexibility index (Phi) is 5.78. The summed E-state index contributed by atoms with van der Waals surface area (Å²) in [6.45, 7) is 8.62. The molecule has 1 rings (SSSR count). The molecule has 0 aromatic heterocycles. The third-order valence-electron chi connectivity index (χ3n) is 2.57. The summed E-state index contributed by atoms with van der Waals surface area (Å²) >= 11 is 0. The van der Waals surface area contributed by atoms with Crippen LogP contribution >= 0.6 is 0 Å². The van der Waals surface area contributed by atoms with Crippen molar-refractivity contribution >= 4 is 0 Å². The van der Waals surface area contributed by atoms with E-state index in [1.165, 1.54) is 0 Å². The number of benzene rings is 1. The molecule has 1 N–H and O–H groups in total. The summed E-state index contributed by atoms with van der Waals surface area (Å²) in [7, 11) is 0. The predicted molar refractivity (Wildman–Crippen MR) is 71.2 cm³/mol. The highest BCUT2D eigenvalue weighted by molar-refractivity contribution is 5.29. The van der Waals surface area contributed by atoms with Crippen LogP contribution in [0.5, 0.6) is 5.75 Å². The summed E-state index contributed by atoms with van der Waals surface area (Å²) in [4.78, 5) is 0. The molecule has 1 aromatic carbocycles. The van der Waals surface area contributed by atoms with E-state index in [1.54, 1.807) is 0 Å². The van der Waals surface area contributed by atoms with Crippen molar-refractivity contribution in [2.75, 3.05) is 6.61 Å². The lowest BCUT2D eigenvalue weighted by Gasteiger charge is -2.12. The highest BCUT2D eigenvalue weighted by Gasteiger charge is 2.07. The van der Waals surface area contributed by atoms with E-state index in [0.717, 1.165) is 36.3 Å². The lowest BCUT2D eigenvalue weighted by atomic mass is 10.0. The van der Waals surface area contributed by atoms with Gasteiger partial charge >= 0.3 is 0 Å². The zero-order valence-electron chi connectivity index (χ0n) is 10.8. The van der Waals surface area contributed by atoms with Crippen molar-refractivity contribution in [3.8, 4) is 5.75 Å². The fraction of sp³-hybridized carbons (Fsp3) is 0.467. The van der Waals surface area contributed by atoms with Gasteiger partial charge in [0.25, 0.3) is 0 Å². The molecule has 0 aliphatic carbocycles. The van der Waals surface area contributed by atoms with Crippen molar-refractivity contribution in [3.05, 3.63) is 42.0 Å². The summed E-state index contributed by atoms with van der Waals surface area (Å²) in [5.41, 5.74) is 1.90. The van der Waals surface area contributed by atoms with Crippen LogP contribution in [0.15, 0.2) is 36.4 Å². The summed E-state index contributed by atoms with van der Waals surface area (Å²) in [6.07, 6.45) is 2.35. The molecular weight excluding hydrogens is 212 g/mol. The van der Waals surface area contributed by atoms with Crippen LogP contribution in [-0.4, -0.2) is 11.7 Å². The van der Waals surface area contributed by atoms with Crippen molar-refractivity contribution < 1.29 is 9.84 Å². The molecule has 2 heteroatoms. The van der Waals surface area contributed by atoms with E-state index < -0.39 is 6.10 Å². The van der Waals surface area contributed by atoms with Gasteiger partial charge in [-0.2, -0.15) is 0 Å². The van der Waals surface area contributed by atoms with Crippen LogP contribution in [0.3, 0.4) is 0 Å². The van der Waals surface area contributed by atoms with Gasteiger partial charge in [-0.3, -0.25) is 0 Å². The van der Waals surface area contributed by atoms with Crippen LogP contribution in [0.25, 0.3) is 0 Å². The summed E-state index contributed by atoms with van der Waals surface area (Å²) < 4.78 is 5.56. The van der Waals surface area contributed by atoms with Crippen LogP contribution in [0.1, 0.15) is 44.8 Å². The second kappa shape index (κ2) is 7.13. The highest BCUT2D eigenvalue weighted by Crippen LogP contribution is 2.22. The zero-order valence-corrected chi connectivity index (χ0v) is 10.8. The Morgan fingerprint density at radius 2 is 2.00 bits per heavy atom. The Morgan fingerprint density at radius 3 is 2.53 bits per heavy atom. The van der Waals surface area contributed by atoms with Gasteiger partial charge < -0.3 is 9.84 Å². The van der Waals surface area contributed by atoms with E-state index in [2.05, 4.69) is 13.5 Å². The molecule has 17 heavy (non-hydrogen) atoms. The van der Waals surface area contributed by atoms with E-state index in [9.17, 15) is 5.11 Å². The Hall–Kier alpha value is -1.28. The monoisotopic (exact) mass is 234 g/mol. The van der Waals surface area contributed by atoms with Gasteiger partial charge in [-0.15, -0.1) is 6.58 Å². The second-order valence-corrected chi connectivity index (χ2v) is 4.45. The molecule has 0 fully saturated rings. The summed E-state index contributed by atoms with van der Waals surface area (Å²) in [5, 5.41) is 9.89. The minimum Gasteiger partial charge on any atom is -0.494 e. The van der Waals surface area contributed by atoms with Crippen LogP contribution in [-0.2, 0) is 0 Å². The molecule has 2 nitrogen and oxygen atoms in total. The van der Waals surface area contributed by atoms with Crippen molar-refractivity contribution in [2.24, 2.45) is 0 Å². The van der Waals surface area contributed by atoms with Crippen LogP contribution in [0.2, 0.25) is 0 Å². The van der Waals surface area contributed by atoms with Gasteiger partial charge in [0.05, 0.1) is 12.7 Å². The van der Waals surface area contributed by atoms with Gasteiger partial charge in [0.15, 0.2) is 0 Å². The molecule has 0 aliphatic heterocycles. The Labute approximate surface area is 104 Å². The number of aliphatic hydroxyl groups excluding tert-OH is 1. The van der Waals surface area contributed by atoms with E-state index in [4.69, 9.17) is 4.74 Å². The maximum Gasteiger partial charge on any atom is 0.119 e. The Balaban J connectivity index is 2.52. The van der Waals surface area contributed by atoms with Gasteiger partial charge in [0.1, 0.15) is 5.75 Å². The number of aliphatic hydroxyl groups is 1. The minimum absolute atomic E-state index is 0.461. The first-order valence-electron chi connectivity index (χ1n) is 6.18. The van der Waals surface area contributed by atoms with E-state index in [0.29, 0.717) is 6.42 Å². The lowest BCUT2D eigenvalue weighted by molar-refractivity contribution is 0.178. The van der Waals surface area contributed by atoms with E-state index >= 15 is 0 Å². The lowest BCUT2D eigenvalue weighted by Crippen LogP contribution is -1.99. The first-order chi connectivity index (χ1) is 8.13. The van der Waals surface area contributed by atoms with Crippen molar-refractivity contribution in [1.82, 2.24) is 0 Å². The Bertz CT molecular complexity index is 340. The normalized spacial score (nSPS) is 12.2. The van der Waals surface area contributed by atoms with Crippen LogP contribution in [0, 0.1) is 0 Å². The molecule has 0 amide bonds. The Morgan fingerprint density at radius 1 is 1.35 bits per heavy atom. The first-order valence-corrected chi connectivity index (χ1v) is 6.18. The average molecular weight is 234 g/mol. The maximum atomic E-state index is 9.89. The second-order valence-electron chi connectivity index (χ2n) is 4.45. The molecular formula is C15H22O2. The molecule has 0 saturated carbocycles. The maximum absolute atomic E-state index is 9.89. The third kappa shape index (κ3) is 5.05. The van der Waals surface area contributed by atoms with Gasteiger partial charge in [-0.05, 0) is 37.5 Å².